The molecule has 0 bridgehead atoms. The second kappa shape index (κ2) is 11.1. The highest BCUT2D eigenvalue weighted by Crippen LogP contribution is 2.58. The van der Waals surface area contributed by atoms with Crippen LogP contribution in [-0.4, -0.2) is 5.11 Å². The fourth-order valence-electron chi connectivity index (χ4n) is 8.45. The molecule has 2 nitrogen and oxygen atoms in total. The largest absolute Gasteiger partial charge is 0.507 e. The van der Waals surface area contributed by atoms with Crippen LogP contribution >= 0.6 is 0 Å². The summed E-state index contributed by atoms with van der Waals surface area (Å²) in [5, 5.41) is 12.0. The molecule has 0 aliphatic heterocycles. The fraction of sp³-hybridized carbons (Fsp3) is 0.125. The topological polar surface area (TPSA) is 23.5 Å². The van der Waals surface area contributed by atoms with Gasteiger partial charge < -0.3 is 10.0 Å². The number of fused-ring (bicyclic) bond motifs is 6. The molecule has 7 aromatic rings. The number of benzene rings is 7. The predicted octanol–water partition coefficient (Wildman–Crippen LogP) is 12.8. The van der Waals surface area contributed by atoms with Crippen molar-refractivity contribution < 1.29 is 5.11 Å². The second-order valence-corrected chi connectivity index (χ2v) is 14.8. The van der Waals surface area contributed by atoms with Gasteiger partial charge in [0.1, 0.15) is 5.75 Å². The number of aromatic hydroxyl groups is 1. The third-order valence-electron chi connectivity index (χ3n) is 11.2. The molecule has 2 aliphatic carbocycles. The van der Waals surface area contributed by atoms with Gasteiger partial charge in [-0.1, -0.05) is 137 Å². The first-order chi connectivity index (χ1) is 24.2. The van der Waals surface area contributed by atoms with Gasteiger partial charge in [-0.3, -0.25) is 0 Å². The number of rotatable bonds is 5. The van der Waals surface area contributed by atoms with Crippen molar-refractivity contribution in [2.45, 2.75) is 38.5 Å². The van der Waals surface area contributed by atoms with Crippen molar-refractivity contribution >= 4 is 17.1 Å². The number of hydrogen-bond acceptors (Lipinski definition) is 2. The van der Waals surface area contributed by atoms with Gasteiger partial charge >= 0.3 is 0 Å². The number of nitrogens with zero attached hydrogens (tertiary/aromatic N) is 1. The molecule has 0 heterocycles. The molecule has 2 aliphatic rings. The zero-order valence-corrected chi connectivity index (χ0v) is 28.9. The van der Waals surface area contributed by atoms with Crippen molar-refractivity contribution in [3.05, 3.63) is 180 Å². The first-order valence-corrected chi connectivity index (χ1v) is 17.5. The second-order valence-electron chi connectivity index (χ2n) is 14.8. The van der Waals surface area contributed by atoms with E-state index >= 15 is 0 Å². The van der Waals surface area contributed by atoms with Gasteiger partial charge in [0, 0.05) is 33.8 Å². The summed E-state index contributed by atoms with van der Waals surface area (Å²) in [5.74, 6) is 0.310. The summed E-state index contributed by atoms with van der Waals surface area (Å²) in [4.78, 5) is 2.27. The smallest absolute Gasteiger partial charge is 0.125 e. The van der Waals surface area contributed by atoms with Crippen molar-refractivity contribution in [3.8, 4) is 50.3 Å². The molecule has 0 unspecified atom stereocenters. The molecule has 0 amide bonds. The Balaban J connectivity index is 1.19. The molecule has 1 N–H and O–H groups in total. The number of phenols is 1. The van der Waals surface area contributed by atoms with Crippen LogP contribution in [0.15, 0.2) is 158 Å². The van der Waals surface area contributed by atoms with Crippen LogP contribution in [0.4, 0.5) is 17.1 Å². The van der Waals surface area contributed by atoms with Gasteiger partial charge in [0.05, 0.1) is 5.69 Å². The zero-order valence-electron chi connectivity index (χ0n) is 28.9. The fourth-order valence-corrected chi connectivity index (χ4v) is 8.45. The van der Waals surface area contributed by atoms with Crippen molar-refractivity contribution in [1.82, 2.24) is 0 Å². The van der Waals surface area contributed by atoms with Crippen LogP contribution in [0.2, 0.25) is 0 Å². The number of hydrogen-bond donors (Lipinski definition) is 1. The van der Waals surface area contributed by atoms with Crippen LogP contribution < -0.4 is 4.90 Å². The van der Waals surface area contributed by atoms with Gasteiger partial charge in [-0.15, -0.1) is 0 Å². The van der Waals surface area contributed by atoms with E-state index in [9.17, 15) is 5.11 Å². The Labute approximate surface area is 295 Å². The van der Waals surface area contributed by atoms with Gasteiger partial charge in [0.2, 0.25) is 0 Å². The Bertz CT molecular complexity index is 2320. The maximum Gasteiger partial charge on any atom is 0.125 e. The Kier molecular flexibility index (Phi) is 6.70. The van der Waals surface area contributed by atoms with E-state index in [0.717, 1.165) is 33.8 Å². The Hall–Kier alpha value is -5.86. The third kappa shape index (κ3) is 4.55. The molecule has 0 fully saturated rings. The molecule has 0 radical (unpaired) electrons. The number of anilines is 3. The van der Waals surface area contributed by atoms with Crippen LogP contribution in [0.25, 0.3) is 44.5 Å². The van der Waals surface area contributed by atoms with E-state index in [0.29, 0.717) is 5.75 Å². The highest BCUT2D eigenvalue weighted by molar-refractivity contribution is 5.93. The molecule has 242 valence electrons. The van der Waals surface area contributed by atoms with Crippen LogP contribution in [0.3, 0.4) is 0 Å². The van der Waals surface area contributed by atoms with Crippen LogP contribution in [0, 0.1) is 0 Å². The Morgan fingerprint density at radius 2 is 0.840 bits per heavy atom. The standard InChI is InChI=1S/C48H39NO/c1-47(2)41-18-12-11-17-38(41)39-29-43-40(30-42(39)47)46-44(48(43,3)4)27-37(28-45(46)50)49(35-23-19-33(20-24-35)31-13-7-5-8-14-31)36-25-21-34(22-26-36)32-15-9-6-10-16-32/h5-30,50H,1-4H3. The minimum atomic E-state index is -0.311. The van der Waals surface area contributed by atoms with E-state index in [1.807, 2.05) is 18.2 Å². The number of phenolic OH excluding ortho intramolecular Hbond substituents is 1. The lowest BCUT2D eigenvalue weighted by Gasteiger charge is -2.29. The molecular weight excluding hydrogens is 607 g/mol. The summed E-state index contributed by atoms with van der Waals surface area (Å²) in [7, 11) is 0. The lowest BCUT2D eigenvalue weighted by molar-refractivity contribution is 0.476. The minimum absolute atomic E-state index is 0.113. The summed E-state index contributed by atoms with van der Waals surface area (Å²) in [6.07, 6.45) is 0. The van der Waals surface area contributed by atoms with Gasteiger partial charge in [-0.25, -0.2) is 0 Å². The van der Waals surface area contributed by atoms with Crippen LogP contribution in [0.1, 0.15) is 49.9 Å². The predicted molar refractivity (Wildman–Crippen MR) is 209 cm³/mol. The average Bonchev–Trinajstić information content (AvgIpc) is 3.51. The Morgan fingerprint density at radius 3 is 1.42 bits per heavy atom. The van der Waals surface area contributed by atoms with Crippen molar-refractivity contribution in [1.29, 1.82) is 0 Å². The highest BCUT2D eigenvalue weighted by atomic mass is 16.3. The molecule has 7 aromatic carbocycles. The summed E-state index contributed by atoms with van der Waals surface area (Å²) in [6.45, 7) is 9.23. The maximum absolute atomic E-state index is 12.0. The van der Waals surface area contributed by atoms with Gasteiger partial charge in [-0.05, 0) is 104 Å². The molecule has 0 saturated carbocycles. The SMILES string of the molecule is CC1(C)c2ccccc2-c2cc3c(cc21)-c1c(O)cc(N(c2ccc(-c4ccccc4)cc2)c2ccc(-c4ccccc4)cc2)cc1C3(C)C. The first-order valence-electron chi connectivity index (χ1n) is 17.5. The van der Waals surface area contributed by atoms with E-state index in [4.69, 9.17) is 0 Å². The first kappa shape index (κ1) is 30.2. The average molecular weight is 646 g/mol. The summed E-state index contributed by atoms with van der Waals surface area (Å²) in [6, 6.07) is 56.2. The lowest BCUT2D eigenvalue weighted by Crippen LogP contribution is -2.17. The minimum Gasteiger partial charge on any atom is -0.507 e. The molecule has 0 atom stereocenters. The van der Waals surface area contributed by atoms with E-state index in [1.165, 1.54) is 50.1 Å². The molecule has 0 aromatic heterocycles. The molecule has 9 rings (SSSR count). The molecule has 0 saturated heterocycles. The molecular formula is C48H39NO. The van der Waals surface area contributed by atoms with Crippen molar-refractivity contribution in [2.75, 3.05) is 4.90 Å². The van der Waals surface area contributed by atoms with Crippen molar-refractivity contribution in [3.63, 3.8) is 0 Å². The summed E-state index contributed by atoms with van der Waals surface area (Å²) in [5.41, 5.74) is 17.1. The zero-order chi connectivity index (χ0) is 34.2. The van der Waals surface area contributed by atoms with E-state index in [1.54, 1.807) is 0 Å². The molecule has 50 heavy (non-hydrogen) atoms. The van der Waals surface area contributed by atoms with Crippen molar-refractivity contribution in [2.24, 2.45) is 0 Å². The monoisotopic (exact) mass is 645 g/mol. The van der Waals surface area contributed by atoms with Gasteiger partial charge in [0.15, 0.2) is 0 Å². The maximum atomic E-state index is 12.0. The summed E-state index contributed by atoms with van der Waals surface area (Å²) < 4.78 is 0. The summed E-state index contributed by atoms with van der Waals surface area (Å²) >= 11 is 0. The molecule has 2 heteroatoms. The van der Waals surface area contributed by atoms with Gasteiger partial charge in [0.25, 0.3) is 0 Å². The third-order valence-corrected chi connectivity index (χ3v) is 11.2. The molecule has 0 spiro atoms. The normalized spacial score (nSPS) is 14.4. The lowest BCUT2D eigenvalue weighted by atomic mass is 9.79. The quantitative estimate of drug-likeness (QED) is 0.201. The Morgan fingerprint density at radius 1 is 0.380 bits per heavy atom. The van der Waals surface area contributed by atoms with E-state index in [-0.39, 0.29) is 10.8 Å². The van der Waals surface area contributed by atoms with Crippen LogP contribution in [0.5, 0.6) is 5.75 Å². The highest BCUT2D eigenvalue weighted by Gasteiger charge is 2.43. The van der Waals surface area contributed by atoms with Crippen LogP contribution in [-0.2, 0) is 10.8 Å². The van der Waals surface area contributed by atoms with Gasteiger partial charge in [-0.2, -0.15) is 0 Å². The van der Waals surface area contributed by atoms with E-state index < -0.39 is 0 Å². The van der Waals surface area contributed by atoms with E-state index in [2.05, 4.69) is 172 Å².